The zero-order valence-corrected chi connectivity index (χ0v) is 6.94. The molecule has 2 aromatic rings. The number of rotatable bonds is 1. The van der Waals surface area contributed by atoms with Crippen LogP contribution in [0.5, 0.6) is 0 Å². The Morgan fingerprint density at radius 2 is 2.45 bits per heavy atom. The first kappa shape index (κ1) is 6.68. The molecule has 0 saturated carbocycles. The van der Waals surface area contributed by atoms with E-state index in [1.807, 2.05) is 24.4 Å². The molecule has 1 nitrogen and oxygen atoms in total. The molecule has 2 aromatic heterocycles. The Balaban J connectivity index is 2.45. The van der Waals surface area contributed by atoms with Crippen molar-refractivity contribution >= 4 is 11.3 Å². The van der Waals surface area contributed by atoms with E-state index in [2.05, 4.69) is 11.4 Å². The van der Waals surface area contributed by atoms with Crippen LogP contribution in [0.15, 0.2) is 27.3 Å². The van der Waals surface area contributed by atoms with Gasteiger partial charge in [0, 0.05) is 17.0 Å². The normalized spacial score (nSPS) is 10.3. The topological polar surface area (TPSA) is 13.1 Å². The summed E-state index contributed by atoms with van der Waals surface area (Å²) in [4.78, 5) is 0. The molecule has 0 saturated heterocycles. The summed E-state index contributed by atoms with van der Waals surface area (Å²) >= 11 is 1.67. The fraction of sp³-hybridized carbons (Fsp3) is 0.111. The molecule has 55 valence electrons. The van der Waals surface area contributed by atoms with E-state index in [0.29, 0.717) is 0 Å². The van der Waals surface area contributed by atoms with E-state index in [1.165, 1.54) is 0 Å². The van der Waals surface area contributed by atoms with Crippen LogP contribution in [-0.4, -0.2) is 0 Å². The summed E-state index contributed by atoms with van der Waals surface area (Å²) in [5, 5.41) is 4.10. The van der Waals surface area contributed by atoms with Gasteiger partial charge in [0.1, 0.15) is 11.5 Å². The zero-order valence-electron chi connectivity index (χ0n) is 6.13. The third-order valence-corrected chi connectivity index (χ3v) is 2.16. The van der Waals surface area contributed by atoms with Crippen LogP contribution >= 0.6 is 11.3 Å². The molecule has 2 rings (SSSR count). The highest BCUT2D eigenvalue weighted by Crippen LogP contribution is 2.23. The first-order valence-electron chi connectivity index (χ1n) is 3.37. The van der Waals surface area contributed by atoms with Crippen molar-refractivity contribution in [3.05, 3.63) is 34.7 Å². The second kappa shape index (κ2) is 2.55. The van der Waals surface area contributed by atoms with Gasteiger partial charge in [-0.1, -0.05) is 0 Å². The Labute approximate surface area is 69.3 Å². The summed E-state index contributed by atoms with van der Waals surface area (Å²) < 4.78 is 5.38. The monoisotopic (exact) mass is 163 g/mol. The Kier molecular flexibility index (Phi) is 1.55. The average molecular weight is 163 g/mol. The molecule has 2 heteroatoms. The van der Waals surface area contributed by atoms with Gasteiger partial charge < -0.3 is 4.42 Å². The number of furan rings is 1. The van der Waals surface area contributed by atoms with Crippen molar-refractivity contribution in [3.8, 4) is 11.3 Å². The van der Waals surface area contributed by atoms with Crippen LogP contribution < -0.4 is 0 Å². The molecule has 1 radical (unpaired) electrons. The van der Waals surface area contributed by atoms with Crippen molar-refractivity contribution in [2.45, 2.75) is 6.92 Å². The second-order valence-electron chi connectivity index (χ2n) is 2.32. The standard InChI is InChI=1S/C9H7OS/c1-7-2-3-9(10-7)8-4-5-11-6-8/h3-6H,1H3. The number of aryl methyl sites for hydroxylation is 1. The van der Waals surface area contributed by atoms with Crippen LogP contribution in [0, 0.1) is 13.0 Å². The summed E-state index contributed by atoms with van der Waals surface area (Å²) in [5.41, 5.74) is 1.14. The molecule has 0 bridgehead atoms. The molecule has 0 atom stereocenters. The van der Waals surface area contributed by atoms with Gasteiger partial charge in [0.15, 0.2) is 0 Å². The Bertz CT molecular complexity index is 332. The molecular weight excluding hydrogens is 156 g/mol. The lowest BCUT2D eigenvalue weighted by molar-refractivity contribution is 0.548. The molecule has 0 aliphatic rings. The SMILES string of the molecule is Cc1[c]cc(-c2ccsc2)o1. The third-order valence-electron chi connectivity index (χ3n) is 1.48. The minimum atomic E-state index is 0.839. The smallest absolute Gasteiger partial charge is 0.135 e. The summed E-state index contributed by atoms with van der Waals surface area (Å²) in [5.74, 6) is 1.75. The summed E-state index contributed by atoms with van der Waals surface area (Å²) in [6.07, 6.45) is 0. The molecule has 0 N–H and O–H groups in total. The first-order chi connectivity index (χ1) is 5.36. The van der Waals surface area contributed by atoms with Crippen LogP contribution in [0.2, 0.25) is 0 Å². The molecule has 0 amide bonds. The average Bonchev–Trinajstić information content (AvgIpc) is 2.55. The van der Waals surface area contributed by atoms with Crippen LogP contribution in [0.3, 0.4) is 0 Å². The van der Waals surface area contributed by atoms with Crippen molar-refractivity contribution in [2.24, 2.45) is 0 Å². The van der Waals surface area contributed by atoms with Crippen molar-refractivity contribution in [1.29, 1.82) is 0 Å². The van der Waals surface area contributed by atoms with Gasteiger partial charge in [-0.25, -0.2) is 0 Å². The summed E-state index contributed by atoms with van der Waals surface area (Å²) in [6, 6.07) is 6.91. The van der Waals surface area contributed by atoms with E-state index < -0.39 is 0 Å². The highest BCUT2D eigenvalue weighted by Gasteiger charge is 2.01. The maximum absolute atomic E-state index is 5.38. The molecule has 0 aliphatic heterocycles. The molecule has 11 heavy (non-hydrogen) atoms. The predicted octanol–water partition coefficient (Wildman–Crippen LogP) is 3.12. The van der Waals surface area contributed by atoms with Crippen molar-refractivity contribution in [3.63, 3.8) is 0 Å². The van der Waals surface area contributed by atoms with Gasteiger partial charge in [0.25, 0.3) is 0 Å². The van der Waals surface area contributed by atoms with Crippen molar-refractivity contribution in [2.75, 3.05) is 0 Å². The zero-order chi connectivity index (χ0) is 7.68. The molecular formula is C9H7OS. The number of hydrogen-bond acceptors (Lipinski definition) is 2. The van der Waals surface area contributed by atoms with Gasteiger partial charge in [-0.2, -0.15) is 11.3 Å². The van der Waals surface area contributed by atoms with Gasteiger partial charge in [-0.15, -0.1) is 0 Å². The van der Waals surface area contributed by atoms with E-state index in [4.69, 9.17) is 4.42 Å². The van der Waals surface area contributed by atoms with Crippen LogP contribution in [-0.2, 0) is 0 Å². The lowest BCUT2D eigenvalue weighted by Gasteiger charge is -1.87. The van der Waals surface area contributed by atoms with E-state index >= 15 is 0 Å². The highest BCUT2D eigenvalue weighted by molar-refractivity contribution is 7.08. The van der Waals surface area contributed by atoms with Gasteiger partial charge in [0.2, 0.25) is 0 Å². The molecule has 0 fully saturated rings. The number of hydrogen-bond donors (Lipinski definition) is 0. The van der Waals surface area contributed by atoms with Gasteiger partial charge >= 0.3 is 0 Å². The Hall–Kier alpha value is -1.02. The predicted molar refractivity (Wildman–Crippen MR) is 45.6 cm³/mol. The fourth-order valence-corrected chi connectivity index (χ4v) is 1.58. The van der Waals surface area contributed by atoms with Gasteiger partial charge in [-0.3, -0.25) is 0 Å². The highest BCUT2D eigenvalue weighted by atomic mass is 32.1. The van der Waals surface area contributed by atoms with Crippen molar-refractivity contribution < 1.29 is 4.42 Å². The van der Waals surface area contributed by atoms with Gasteiger partial charge in [0.05, 0.1) is 0 Å². The number of thiophene rings is 1. The summed E-state index contributed by atoms with van der Waals surface area (Å²) in [7, 11) is 0. The van der Waals surface area contributed by atoms with Crippen molar-refractivity contribution in [1.82, 2.24) is 0 Å². The maximum atomic E-state index is 5.38. The molecule has 0 aromatic carbocycles. The fourth-order valence-electron chi connectivity index (χ4n) is 0.938. The van der Waals surface area contributed by atoms with Crippen LogP contribution in [0.4, 0.5) is 0 Å². The molecule has 2 heterocycles. The quantitative estimate of drug-likeness (QED) is 0.629. The van der Waals surface area contributed by atoms with E-state index in [9.17, 15) is 0 Å². The largest absolute Gasteiger partial charge is 0.461 e. The third kappa shape index (κ3) is 1.21. The second-order valence-corrected chi connectivity index (χ2v) is 3.10. The lowest BCUT2D eigenvalue weighted by atomic mass is 10.3. The molecule has 0 spiro atoms. The molecule has 0 unspecified atom stereocenters. The van der Waals surface area contributed by atoms with E-state index in [-0.39, 0.29) is 0 Å². The molecule has 0 aliphatic carbocycles. The van der Waals surface area contributed by atoms with Gasteiger partial charge in [-0.05, 0) is 24.4 Å². The van der Waals surface area contributed by atoms with Crippen LogP contribution in [0.1, 0.15) is 5.76 Å². The van der Waals surface area contributed by atoms with Crippen LogP contribution in [0.25, 0.3) is 11.3 Å². The first-order valence-corrected chi connectivity index (χ1v) is 4.31. The maximum Gasteiger partial charge on any atom is 0.135 e. The summed E-state index contributed by atoms with van der Waals surface area (Å²) in [6.45, 7) is 1.90. The van der Waals surface area contributed by atoms with E-state index in [0.717, 1.165) is 17.1 Å². The minimum absolute atomic E-state index is 0.839. The Morgan fingerprint density at radius 1 is 1.55 bits per heavy atom. The minimum Gasteiger partial charge on any atom is -0.461 e. The van der Waals surface area contributed by atoms with E-state index in [1.54, 1.807) is 11.3 Å². The Morgan fingerprint density at radius 3 is 3.00 bits per heavy atom. The lowest BCUT2D eigenvalue weighted by Crippen LogP contribution is -1.62.